The molecule has 1 radical (unpaired) electrons. The van der Waals surface area contributed by atoms with E-state index >= 15 is 0 Å². The smallest absolute Gasteiger partial charge is 0.549 e. The molecule has 0 heterocycles. The van der Waals surface area contributed by atoms with E-state index in [9.17, 15) is 68.1 Å². The van der Waals surface area contributed by atoms with Gasteiger partial charge in [0, 0.05) is 82.2 Å². The average molecular weight is 1120 g/mol. The molecule has 6 N–H and O–H groups in total. The number of carbonyl (C=O) groups is 11. The maximum Gasteiger partial charge on any atom is 3.00 e. The Labute approximate surface area is 428 Å². The van der Waals surface area contributed by atoms with Crippen LogP contribution in [0.4, 0.5) is 0 Å². The first-order valence-corrected chi connectivity index (χ1v) is 22.6. The Morgan fingerprint density at radius 2 is 0.864 bits per heavy atom. The van der Waals surface area contributed by atoms with E-state index < -0.39 is 85.8 Å². The van der Waals surface area contributed by atoms with Crippen LogP contribution in [0.3, 0.4) is 0 Å². The van der Waals surface area contributed by atoms with E-state index in [1.807, 2.05) is 6.92 Å². The van der Waals surface area contributed by atoms with Gasteiger partial charge in [0.25, 0.3) is 0 Å². The molecule has 0 aliphatic rings. The van der Waals surface area contributed by atoms with Crippen LogP contribution >= 0.6 is 21.6 Å². The van der Waals surface area contributed by atoms with Crippen LogP contribution in [-0.4, -0.2) is 194 Å². The second-order valence-electron chi connectivity index (χ2n) is 14.9. The fourth-order valence-electron chi connectivity index (χ4n) is 5.36. The van der Waals surface area contributed by atoms with Crippen molar-refractivity contribution >= 4 is 86.4 Å². The number of ketones is 3. The van der Waals surface area contributed by atoms with E-state index in [1.54, 1.807) is 14.0 Å². The number of carboxylic acid groups (broad SMARTS) is 3. The summed E-state index contributed by atoms with van der Waals surface area (Å²) >= 11 is 0. The maximum absolute atomic E-state index is 13.0. The summed E-state index contributed by atoms with van der Waals surface area (Å²) in [5.41, 5.74) is 0. The van der Waals surface area contributed by atoms with Gasteiger partial charge in [-0.15, -0.1) is 0 Å². The Bertz CT molecular complexity index is 1570. The summed E-state index contributed by atoms with van der Waals surface area (Å²) in [6.45, 7) is 3.86. The third-order valence-electron chi connectivity index (χ3n) is 8.72. The van der Waals surface area contributed by atoms with Gasteiger partial charge >= 0.3 is 39.9 Å². The van der Waals surface area contributed by atoms with Crippen LogP contribution < -0.4 is 47.2 Å². The molecule has 0 aromatic carbocycles. The summed E-state index contributed by atoms with van der Waals surface area (Å²) in [6, 6.07) is -2.73. The Hall–Kier alpha value is -3.37. The molecule has 4 unspecified atom stereocenters. The van der Waals surface area contributed by atoms with Crippen molar-refractivity contribution in [1.29, 1.82) is 0 Å². The molecule has 0 bridgehead atoms. The van der Waals surface area contributed by atoms with Crippen LogP contribution in [-0.2, 0) is 52.7 Å². The van der Waals surface area contributed by atoms with Gasteiger partial charge in [0.15, 0.2) is 0 Å². The predicted octanol–water partition coefficient (Wildman–Crippen LogP) is -5.56. The number of hydrogen-bond acceptors (Lipinski definition) is 20. The minimum Gasteiger partial charge on any atom is -0.549 e. The second kappa shape index (κ2) is 39.6. The summed E-state index contributed by atoms with van der Waals surface area (Å²) in [7, 11) is 3.99. The molecule has 5 amide bonds. The summed E-state index contributed by atoms with van der Waals surface area (Å²) in [5, 5.41) is 49.8. The molecule has 66 heavy (non-hydrogen) atoms. The molecular formula is C40H70GdN9O14S2. The molecule has 23 nitrogen and oxygen atoms in total. The zero-order chi connectivity index (χ0) is 48.1. The predicted molar refractivity (Wildman–Crippen MR) is 239 cm³/mol. The Kier molecular flexibility index (Phi) is 41.5. The standard InChI is InChI=1S/C38H65N9O14S2.2CH4.Gd/c1-24(39-6)7-9-31(51)43-29(37(60)40-15-26(3)48)22-62-63-23-30(38(61)41-16-27(4)49)44-32(52)10-8-25(2)42-33(53)18-47(21-36(58)59)14-12-45(19-34(54)55)11-13-46(17-28(5)50)20-35(56)57;;;/h24-25,29-30,39H,7-23H2,1-6H3,(H,40,60)(H,41,61)(H,42,53)(H,43,51)(H,44,52)(H,54,55)(H,56,57)(H,58,59);2*1H4;/q;;;+3/p-3. The number of Topliss-reactive ketones (excluding diaryl/α,β-unsaturated/α-hetero) is 3. The number of nitrogens with one attached hydrogen (secondary N) is 6. The molecule has 0 aliphatic carbocycles. The van der Waals surface area contributed by atoms with Gasteiger partial charge in [0.05, 0.1) is 44.1 Å². The van der Waals surface area contributed by atoms with Crippen molar-refractivity contribution in [1.82, 2.24) is 46.6 Å². The van der Waals surface area contributed by atoms with Crippen molar-refractivity contribution in [2.45, 2.75) is 99.3 Å². The second-order valence-corrected chi connectivity index (χ2v) is 17.5. The van der Waals surface area contributed by atoms with Gasteiger partial charge in [-0.1, -0.05) is 36.4 Å². The summed E-state index contributed by atoms with van der Waals surface area (Å²) in [4.78, 5) is 137. The van der Waals surface area contributed by atoms with Crippen LogP contribution in [0.2, 0.25) is 0 Å². The average Bonchev–Trinajstić information content (AvgIpc) is 3.17. The van der Waals surface area contributed by atoms with Crippen LogP contribution in [0.5, 0.6) is 0 Å². The van der Waals surface area contributed by atoms with Crippen molar-refractivity contribution in [2.24, 2.45) is 0 Å². The zero-order valence-electron chi connectivity index (χ0n) is 37.1. The summed E-state index contributed by atoms with van der Waals surface area (Å²) in [6.07, 6.45) is 0.552. The minimum absolute atomic E-state index is 0. The third kappa shape index (κ3) is 37.7. The fraction of sp³-hybridized carbons (Fsp3) is 0.725. The molecule has 0 spiro atoms. The Balaban J connectivity index is -0.00000641. The molecule has 0 aromatic heterocycles. The largest absolute Gasteiger partial charge is 3.00 e. The fourth-order valence-corrected chi connectivity index (χ4v) is 7.69. The van der Waals surface area contributed by atoms with E-state index in [0.29, 0.717) is 6.42 Å². The van der Waals surface area contributed by atoms with Crippen molar-refractivity contribution in [3.63, 3.8) is 0 Å². The molecule has 26 heteroatoms. The number of hydrogen-bond donors (Lipinski definition) is 6. The molecule has 379 valence electrons. The molecule has 0 saturated heterocycles. The monoisotopic (exact) mass is 1120 g/mol. The SMILES string of the molecule is C.C.CNC(C)CCC(=O)NC(CSSCC(NC(=O)CCC(C)NC(=O)CN(CCN(CCN(CC(C)=O)CC(=O)[O-])CC(=O)[O-])CC(=O)[O-])C(=O)NCC(C)=O)C(=O)NCC(C)=O.[Gd+3]. The van der Waals surface area contributed by atoms with Gasteiger partial charge in [0.2, 0.25) is 29.5 Å². The molecule has 0 rings (SSSR count). The summed E-state index contributed by atoms with van der Waals surface area (Å²) < 4.78 is 0. The van der Waals surface area contributed by atoms with E-state index in [4.69, 9.17) is 0 Å². The number of carbonyl (C=O) groups excluding carboxylic acids is 11. The normalized spacial score (nSPS) is 12.4. The van der Waals surface area contributed by atoms with Crippen LogP contribution in [0.25, 0.3) is 0 Å². The number of nitrogens with zero attached hydrogens (tertiary/aromatic N) is 3. The number of rotatable bonds is 37. The van der Waals surface area contributed by atoms with Crippen molar-refractivity contribution in [3.8, 4) is 0 Å². The molecule has 0 saturated carbocycles. The summed E-state index contributed by atoms with van der Waals surface area (Å²) in [5.74, 6) is -8.21. The van der Waals surface area contributed by atoms with Gasteiger partial charge in [-0.25, -0.2) is 0 Å². The van der Waals surface area contributed by atoms with Crippen molar-refractivity contribution in [3.05, 3.63) is 0 Å². The van der Waals surface area contributed by atoms with E-state index in [-0.39, 0.29) is 161 Å². The van der Waals surface area contributed by atoms with Gasteiger partial charge in [-0.2, -0.15) is 0 Å². The van der Waals surface area contributed by atoms with E-state index in [0.717, 1.165) is 21.6 Å². The van der Waals surface area contributed by atoms with Crippen LogP contribution in [0.1, 0.15) is 75.2 Å². The van der Waals surface area contributed by atoms with Gasteiger partial charge < -0.3 is 61.6 Å². The van der Waals surface area contributed by atoms with Crippen molar-refractivity contribution in [2.75, 3.05) is 90.5 Å². The molecule has 0 fully saturated rings. The zero-order valence-corrected chi connectivity index (χ0v) is 41.0. The quantitative estimate of drug-likeness (QED) is 0.0250. The molecule has 0 aromatic rings. The molecular weight excluding hydrogens is 1050 g/mol. The van der Waals surface area contributed by atoms with Gasteiger partial charge in [-0.05, 0) is 54.5 Å². The first-order chi connectivity index (χ1) is 29.5. The number of carboxylic acids is 3. The maximum atomic E-state index is 13.0. The number of aliphatic carboxylic acids is 3. The molecule has 0 aliphatic heterocycles. The van der Waals surface area contributed by atoms with E-state index in [2.05, 4.69) is 31.9 Å². The van der Waals surface area contributed by atoms with Crippen LogP contribution in [0, 0.1) is 39.9 Å². The Morgan fingerprint density at radius 1 is 0.500 bits per heavy atom. The Morgan fingerprint density at radius 3 is 1.23 bits per heavy atom. The van der Waals surface area contributed by atoms with Crippen molar-refractivity contribution < 1.29 is 108 Å². The van der Waals surface area contributed by atoms with Gasteiger partial charge in [0.1, 0.15) is 29.4 Å². The first-order valence-electron chi connectivity index (χ1n) is 20.1. The topological polar surface area (TPSA) is 339 Å². The van der Waals surface area contributed by atoms with Gasteiger partial charge in [-0.3, -0.25) is 53.1 Å². The number of amides is 5. The first kappa shape index (κ1) is 69.2. The third-order valence-corrected chi connectivity index (χ3v) is 11.1. The molecule has 4 atom stereocenters. The van der Waals surface area contributed by atoms with Crippen LogP contribution in [0.15, 0.2) is 0 Å². The van der Waals surface area contributed by atoms with E-state index in [1.165, 1.54) is 35.5 Å². The minimum atomic E-state index is -1.52.